The van der Waals surface area contributed by atoms with E-state index in [0.717, 1.165) is 5.56 Å². The summed E-state index contributed by atoms with van der Waals surface area (Å²) >= 11 is 0. The summed E-state index contributed by atoms with van der Waals surface area (Å²) < 4.78 is 16.6. The third-order valence-corrected chi connectivity index (χ3v) is 7.35. The first kappa shape index (κ1) is 26.7. The van der Waals surface area contributed by atoms with E-state index in [0.29, 0.717) is 40.8 Å². The number of carbonyl (C=O) groups excluding carboxylic acids is 2. The number of hydrogen-bond acceptors (Lipinski definition) is 9. The predicted molar refractivity (Wildman–Crippen MR) is 148 cm³/mol. The van der Waals surface area contributed by atoms with Crippen LogP contribution >= 0.6 is 0 Å². The van der Waals surface area contributed by atoms with Gasteiger partial charge in [0.25, 0.3) is 5.69 Å². The number of methoxy groups -OCH3 is 3. The van der Waals surface area contributed by atoms with Crippen molar-refractivity contribution in [3.8, 4) is 17.2 Å². The Labute approximate surface area is 230 Å². The normalized spacial score (nSPS) is 21.2. The molecule has 3 aromatic carbocycles. The number of amides is 2. The molecule has 0 spiro atoms. The van der Waals surface area contributed by atoms with Crippen LogP contribution in [0.4, 0.5) is 17.1 Å². The second-order valence-corrected chi connectivity index (χ2v) is 9.55. The van der Waals surface area contributed by atoms with Gasteiger partial charge < -0.3 is 14.2 Å². The lowest BCUT2D eigenvalue weighted by Gasteiger charge is -2.32. The molecule has 3 aromatic rings. The van der Waals surface area contributed by atoms with Gasteiger partial charge in [0, 0.05) is 23.8 Å². The molecule has 5 rings (SSSR count). The fourth-order valence-corrected chi connectivity index (χ4v) is 5.53. The molecule has 1 saturated heterocycles. The van der Waals surface area contributed by atoms with Crippen LogP contribution in [0.5, 0.6) is 17.2 Å². The van der Waals surface area contributed by atoms with Crippen LogP contribution in [0.1, 0.15) is 24.3 Å². The number of imide groups is 1. The molecule has 2 aliphatic rings. The van der Waals surface area contributed by atoms with Crippen LogP contribution in [0.15, 0.2) is 71.8 Å². The number of ether oxygens (including phenoxy) is 3. The molecule has 11 nitrogen and oxygen atoms in total. The Kier molecular flexibility index (Phi) is 7.37. The molecule has 3 atom stereocenters. The maximum absolute atomic E-state index is 13.9. The summed E-state index contributed by atoms with van der Waals surface area (Å²) in [6.07, 6.45) is 0.630. The number of hydrogen-bond donors (Lipinski definition) is 1. The van der Waals surface area contributed by atoms with Crippen LogP contribution in [-0.2, 0) is 9.59 Å². The van der Waals surface area contributed by atoms with E-state index >= 15 is 0 Å². The Hall–Kier alpha value is -4.93. The van der Waals surface area contributed by atoms with Gasteiger partial charge in [-0.3, -0.25) is 30.0 Å². The minimum absolute atomic E-state index is 0.0701. The molecule has 11 heteroatoms. The van der Waals surface area contributed by atoms with Crippen molar-refractivity contribution in [1.82, 2.24) is 0 Å². The van der Waals surface area contributed by atoms with E-state index in [4.69, 9.17) is 14.2 Å². The Morgan fingerprint density at radius 3 is 2.17 bits per heavy atom. The van der Waals surface area contributed by atoms with E-state index in [1.54, 1.807) is 48.5 Å². The zero-order valence-electron chi connectivity index (χ0n) is 22.2. The average Bonchev–Trinajstić information content (AvgIpc) is 3.24. The number of fused-ring (bicyclic) bond motifs is 1. The zero-order valence-corrected chi connectivity index (χ0v) is 22.2. The molecule has 0 radical (unpaired) electrons. The van der Waals surface area contributed by atoms with Gasteiger partial charge in [0.15, 0.2) is 11.5 Å². The molecule has 40 heavy (non-hydrogen) atoms. The van der Waals surface area contributed by atoms with Crippen molar-refractivity contribution >= 4 is 34.6 Å². The molecule has 2 fully saturated rings. The Morgan fingerprint density at radius 2 is 1.55 bits per heavy atom. The number of rotatable bonds is 8. The van der Waals surface area contributed by atoms with Gasteiger partial charge in [-0.2, -0.15) is 5.10 Å². The van der Waals surface area contributed by atoms with Crippen molar-refractivity contribution < 1.29 is 28.7 Å². The van der Waals surface area contributed by atoms with Crippen molar-refractivity contribution in [3.05, 3.63) is 82.4 Å². The van der Waals surface area contributed by atoms with Gasteiger partial charge >= 0.3 is 0 Å². The van der Waals surface area contributed by atoms with Gasteiger partial charge in [0.2, 0.25) is 17.6 Å². The van der Waals surface area contributed by atoms with Gasteiger partial charge in [0.05, 0.1) is 49.5 Å². The predicted octanol–water partition coefficient (Wildman–Crippen LogP) is 4.77. The summed E-state index contributed by atoms with van der Waals surface area (Å²) in [6, 6.07) is 18.5. The summed E-state index contributed by atoms with van der Waals surface area (Å²) in [4.78, 5) is 39.5. The maximum atomic E-state index is 13.9. The SMILES string of the molecule is COc1cc([C@H]2C/C(=N\Nc3cccc([N+](=O)[O-])c3)C[C@H]3C(=O)N(c4ccccc4)C(=O)[C@@H]23)cc(OC)c1OC. The smallest absolute Gasteiger partial charge is 0.271 e. The number of nitro groups is 1. The van der Waals surface area contributed by atoms with E-state index in [9.17, 15) is 19.7 Å². The monoisotopic (exact) mass is 544 g/mol. The van der Waals surface area contributed by atoms with Crippen LogP contribution in [0.3, 0.4) is 0 Å². The number of nitrogens with zero attached hydrogens (tertiary/aromatic N) is 3. The molecule has 206 valence electrons. The van der Waals surface area contributed by atoms with Crippen LogP contribution in [0.2, 0.25) is 0 Å². The first-order valence-corrected chi connectivity index (χ1v) is 12.6. The summed E-state index contributed by atoms with van der Waals surface area (Å²) in [7, 11) is 4.54. The van der Waals surface area contributed by atoms with E-state index in [2.05, 4.69) is 10.5 Å². The van der Waals surface area contributed by atoms with E-state index in [1.165, 1.54) is 38.4 Å². The molecular formula is C29H28N4O7. The first-order chi connectivity index (χ1) is 19.4. The lowest BCUT2D eigenvalue weighted by molar-refractivity contribution is -0.384. The number of non-ortho nitro benzene ring substituents is 1. The molecule has 0 aromatic heterocycles. The minimum atomic E-state index is -0.642. The van der Waals surface area contributed by atoms with Gasteiger partial charge in [-0.1, -0.05) is 24.3 Å². The third-order valence-electron chi connectivity index (χ3n) is 7.35. The Morgan fingerprint density at radius 1 is 0.875 bits per heavy atom. The van der Waals surface area contributed by atoms with Crippen LogP contribution in [0, 0.1) is 22.0 Å². The molecule has 1 aliphatic carbocycles. The van der Waals surface area contributed by atoms with Crippen molar-refractivity contribution in [1.29, 1.82) is 0 Å². The third kappa shape index (κ3) is 4.81. The van der Waals surface area contributed by atoms with Crippen molar-refractivity contribution in [3.63, 3.8) is 0 Å². The minimum Gasteiger partial charge on any atom is -0.493 e. The standard InChI is InChI=1S/C29H28N4O7/c1-38-24-12-17(13-25(39-2)27(24)40-3)22-15-19(31-30-18-8-7-11-21(14-18)33(36)37)16-23-26(22)29(35)32(28(23)34)20-9-5-4-6-10-20/h4-14,22-23,26,30H,15-16H2,1-3H3/b31-19+/t22-,23-,26+/m1/s1. The van der Waals surface area contributed by atoms with Gasteiger partial charge in [-0.15, -0.1) is 0 Å². The summed E-state index contributed by atoms with van der Waals surface area (Å²) in [5.74, 6) is -0.978. The molecule has 0 unspecified atom stereocenters. The highest BCUT2D eigenvalue weighted by atomic mass is 16.6. The number of nitro benzene ring substituents is 1. The quantitative estimate of drug-likeness (QED) is 0.244. The maximum Gasteiger partial charge on any atom is 0.271 e. The van der Waals surface area contributed by atoms with E-state index in [1.807, 2.05) is 6.07 Å². The number of para-hydroxylation sites is 1. The molecule has 1 heterocycles. The van der Waals surface area contributed by atoms with Crippen LogP contribution in [-0.4, -0.2) is 43.8 Å². The van der Waals surface area contributed by atoms with Crippen molar-refractivity contribution in [2.45, 2.75) is 18.8 Å². The van der Waals surface area contributed by atoms with E-state index in [-0.39, 0.29) is 23.9 Å². The van der Waals surface area contributed by atoms with E-state index < -0.39 is 22.7 Å². The highest BCUT2D eigenvalue weighted by molar-refractivity contribution is 6.23. The second-order valence-electron chi connectivity index (χ2n) is 9.55. The van der Waals surface area contributed by atoms with Crippen molar-refractivity contribution in [2.75, 3.05) is 31.7 Å². The lowest BCUT2D eigenvalue weighted by Crippen LogP contribution is -2.34. The number of hydrazone groups is 1. The number of anilines is 2. The largest absolute Gasteiger partial charge is 0.493 e. The Bertz CT molecular complexity index is 1470. The van der Waals surface area contributed by atoms with Crippen molar-refractivity contribution in [2.24, 2.45) is 16.9 Å². The zero-order chi connectivity index (χ0) is 28.4. The van der Waals surface area contributed by atoms with Crippen LogP contribution < -0.4 is 24.5 Å². The lowest BCUT2D eigenvalue weighted by atomic mass is 9.69. The molecule has 1 saturated carbocycles. The van der Waals surface area contributed by atoms with Gasteiger partial charge in [0.1, 0.15) is 0 Å². The first-order valence-electron chi connectivity index (χ1n) is 12.6. The topological polar surface area (TPSA) is 133 Å². The molecule has 0 bridgehead atoms. The summed E-state index contributed by atoms with van der Waals surface area (Å²) in [5, 5.41) is 15.7. The van der Waals surface area contributed by atoms with Gasteiger partial charge in [-0.05, 0) is 48.7 Å². The highest BCUT2D eigenvalue weighted by Crippen LogP contribution is 2.50. The van der Waals surface area contributed by atoms with Crippen LogP contribution in [0.25, 0.3) is 0 Å². The number of nitrogens with one attached hydrogen (secondary N) is 1. The fraction of sp³-hybridized carbons (Fsp3) is 0.276. The van der Waals surface area contributed by atoms with Gasteiger partial charge in [-0.25, -0.2) is 0 Å². The Balaban J connectivity index is 1.56. The molecular weight excluding hydrogens is 516 g/mol. The molecule has 2 amide bonds. The number of benzene rings is 3. The summed E-state index contributed by atoms with van der Waals surface area (Å²) in [5.41, 5.74) is 5.18. The highest BCUT2D eigenvalue weighted by Gasteiger charge is 2.54. The second kappa shape index (κ2) is 11.0. The summed E-state index contributed by atoms with van der Waals surface area (Å²) in [6.45, 7) is 0. The average molecular weight is 545 g/mol. The molecule has 1 N–H and O–H groups in total. The fourth-order valence-electron chi connectivity index (χ4n) is 5.53. The molecule has 1 aliphatic heterocycles. The number of carbonyl (C=O) groups is 2.